The van der Waals surface area contributed by atoms with E-state index in [0.717, 1.165) is 5.56 Å². The summed E-state index contributed by atoms with van der Waals surface area (Å²) in [5.74, 6) is -1.63. The third kappa shape index (κ3) is 4.06. The number of carboxylic acids is 1. The molecule has 0 unspecified atom stereocenters. The second-order valence-corrected chi connectivity index (χ2v) is 10.5. The third-order valence-electron chi connectivity index (χ3n) is 6.89. The van der Waals surface area contributed by atoms with E-state index in [-0.39, 0.29) is 34.0 Å². The highest BCUT2D eigenvalue weighted by Gasteiger charge is 2.52. The number of benzene rings is 3. The Morgan fingerprint density at radius 3 is 2.28 bits per heavy atom. The van der Waals surface area contributed by atoms with Crippen molar-refractivity contribution in [1.29, 1.82) is 0 Å². The lowest BCUT2D eigenvalue weighted by atomic mass is 9.76. The molecule has 0 saturated heterocycles. The number of aromatic carboxylic acids is 1. The molecule has 184 valence electrons. The summed E-state index contributed by atoms with van der Waals surface area (Å²) in [6.07, 6.45) is 0.524. The fourth-order valence-electron chi connectivity index (χ4n) is 5.42. The maximum absolute atomic E-state index is 12.0. The van der Waals surface area contributed by atoms with E-state index in [2.05, 4.69) is 5.32 Å². The molecule has 5 rings (SSSR count). The molecule has 1 heterocycles. The van der Waals surface area contributed by atoms with Crippen molar-refractivity contribution in [3.63, 3.8) is 0 Å². The number of fused-ring (bicyclic) bond motifs is 3. The Morgan fingerprint density at radius 1 is 0.944 bits per heavy atom. The van der Waals surface area contributed by atoms with Gasteiger partial charge in [-0.2, -0.15) is 0 Å². The molecule has 3 aromatic carbocycles. The minimum absolute atomic E-state index is 0.0109. The van der Waals surface area contributed by atoms with Crippen LogP contribution in [0.4, 0.5) is 17.1 Å². The van der Waals surface area contributed by atoms with E-state index in [9.17, 15) is 30.1 Å². The topological polar surface area (TPSA) is 136 Å². The molecule has 0 radical (unpaired) electrons. The number of nitrogens with zero attached hydrogens (tertiary/aromatic N) is 2. The summed E-state index contributed by atoms with van der Waals surface area (Å²) < 4.78 is 0. The highest BCUT2D eigenvalue weighted by molar-refractivity contribution is 8.00. The second kappa shape index (κ2) is 9.44. The molecule has 1 saturated carbocycles. The molecule has 2 aliphatic rings. The van der Waals surface area contributed by atoms with Crippen LogP contribution in [-0.4, -0.2) is 31.5 Å². The summed E-state index contributed by atoms with van der Waals surface area (Å²) in [5.41, 5.74) is 1.57. The quantitative estimate of drug-likeness (QED) is 0.219. The van der Waals surface area contributed by atoms with Gasteiger partial charge in [-0.15, -0.1) is 23.4 Å². The Bertz CT molecular complexity index is 1390. The van der Waals surface area contributed by atoms with Gasteiger partial charge in [-0.1, -0.05) is 42.5 Å². The van der Waals surface area contributed by atoms with Crippen LogP contribution < -0.4 is 5.32 Å². The number of nitrogens with one attached hydrogen (secondary N) is 1. The van der Waals surface area contributed by atoms with Gasteiger partial charge in [-0.3, -0.25) is 20.2 Å². The summed E-state index contributed by atoms with van der Waals surface area (Å²) in [7, 11) is 0. The lowest BCUT2D eigenvalue weighted by Crippen LogP contribution is -2.32. The largest absolute Gasteiger partial charge is 0.478 e. The van der Waals surface area contributed by atoms with E-state index >= 15 is 0 Å². The molecule has 11 heteroatoms. The molecule has 1 aliphatic heterocycles. The maximum Gasteiger partial charge on any atom is 0.337 e. The summed E-state index contributed by atoms with van der Waals surface area (Å²) in [5, 5.41) is 35.8. The summed E-state index contributed by atoms with van der Waals surface area (Å²) in [6, 6.07) is 17.3. The van der Waals surface area contributed by atoms with Crippen molar-refractivity contribution in [3.8, 4) is 0 Å². The van der Waals surface area contributed by atoms with Gasteiger partial charge in [0.1, 0.15) is 0 Å². The molecule has 2 N–H and O–H groups in total. The van der Waals surface area contributed by atoms with Gasteiger partial charge in [0.05, 0.1) is 43.0 Å². The fourth-order valence-corrected chi connectivity index (χ4v) is 7.36. The number of anilines is 1. The zero-order chi connectivity index (χ0) is 25.6. The lowest BCUT2D eigenvalue weighted by molar-refractivity contribution is -0.387. The van der Waals surface area contributed by atoms with Gasteiger partial charge < -0.3 is 10.4 Å². The van der Waals surface area contributed by atoms with Crippen LogP contribution in [0.25, 0.3) is 0 Å². The number of nitro groups is 2. The SMILES string of the molecule is O=C(O)c1cccc2c1N[C@@H](c1ccccc1[N+](=O)[O-])[C@H]1C[C@H](Sc3ccccc3[N+](=O)[O-])[C@H](Cl)[C@H]21. The van der Waals surface area contributed by atoms with Crippen molar-refractivity contribution in [2.24, 2.45) is 5.92 Å². The molecule has 36 heavy (non-hydrogen) atoms. The number of carboxylic acid groups (broad SMARTS) is 1. The van der Waals surface area contributed by atoms with Crippen LogP contribution in [0.2, 0.25) is 0 Å². The molecule has 0 aromatic heterocycles. The van der Waals surface area contributed by atoms with Crippen molar-refractivity contribution in [3.05, 3.63) is 104 Å². The molecule has 5 atom stereocenters. The van der Waals surface area contributed by atoms with Crippen molar-refractivity contribution in [1.82, 2.24) is 0 Å². The van der Waals surface area contributed by atoms with Gasteiger partial charge in [-0.25, -0.2) is 4.79 Å². The average molecular weight is 526 g/mol. The summed E-state index contributed by atoms with van der Waals surface area (Å²) in [4.78, 5) is 35.0. The minimum Gasteiger partial charge on any atom is -0.478 e. The number of halogens is 1. The van der Waals surface area contributed by atoms with E-state index in [1.165, 1.54) is 30.0 Å². The van der Waals surface area contributed by atoms with E-state index in [1.54, 1.807) is 42.5 Å². The van der Waals surface area contributed by atoms with Crippen LogP contribution in [-0.2, 0) is 0 Å². The normalized spacial score (nSPS) is 24.3. The zero-order valence-electron chi connectivity index (χ0n) is 18.6. The van der Waals surface area contributed by atoms with Crippen molar-refractivity contribution in [2.75, 3.05) is 5.32 Å². The summed E-state index contributed by atoms with van der Waals surface area (Å²) in [6.45, 7) is 0. The first-order valence-electron chi connectivity index (χ1n) is 11.2. The Balaban J connectivity index is 1.62. The zero-order valence-corrected chi connectivity index (χ0v) is 20.2. The minimum atomic E-state index is -1.12. The highest BCUT2D eigenvalue weighted by atomic mass is 35.5. The number of para-hydroxylation sites is 3. The lowest BCUT2D eigenvalue weighted by Gasteiger charge is -2.38. The van der Waals surface area contributed by atoms with Crippen LogP contribution in [0.15, 0.2) is 71.6 Å². The van der Waals surface area contributed by atoms with E-state index < -0.39 is 27.2 Å². The molecule has 0 amide bonds. The molecular formula is C25H20ClN3O6S. The summed E-state index contributed by atoms with van der Waals surface area (Å²) >= 11 is 8.37. The molecule has 3 aromatic rings. The predicted octanol–water partition coefficient (Wildman–Crippen LogP) is 6.24. The first kappa shape index (κ1) is 24.1. The van der Waals surface area contributed by atoms with Crippen molar-refractivity contribution >= 4 is 46.4 Å². The standard InChI is InChI=1S/C25H20ClN3O6S/c26-22-20(36-19-11-4-3-10-18(19)29(34)35)12-16-21(22)14-7-5-8-15(25(30)31)24(14)27-23(16)13-6-1-2-9-17(13)28(32)33/h1-11,16,20-23,27H,12H2,(H,30,31)/t16-,20-,21+,22-,23-/m0/s1. The van der Waals surface area contributed by atoms with Crippen LogP contribution in [0.3, 0.4) is 0 Å². The number of hydrogen-bond donors (Lipinski definition) is 2. The van der Waals surface area contributed by atoms with Crippen molar-refractivity contribution in [2.45, 2.75) is 33.9 Å². The number of nitro benzene ring substituents is 2. The average Bonchev–Trinajstić information content (AvgIpc) is 3.19. The molecule has 0 bridgehead atoms. The highest BCUT2D eigenvalue weighted by Crippen LogP contribution is 2.59. The van der Waals surface area contributed by atoms with Gasteiger partial charge in [0, 0.05) is 23.3 Å². The third-order valence-corrected chi connectivity index (χ3v) is 9.00. The number of thioether (sulfide) groups is 1. The molecule has 1 fully saturated rings. The molecule has 1 aliphatic carbocycles. The Labute approximate surface area is 214 Å². The van der Waals surface area contributed by atoms with Gasteiger partial charge in [-0.05, 0) is 30.0 Å². The smallest absolute Gasteiger partial charge is 0.337 e. The fraction of sp³-hybridized carbons (Fsp3) is 0.240. The van der Waals surface area contributed by atoms with Gasteiger partial charge in [0.2, 0.25) is 0 Å². The van der Waals surface area contributed by atoms with Crippen molar-refractivity contribution < 1.29 is 19.7 Å². The number of alkyl halides is 1. The van der Waals surface area contributed by atoms with Gasteiger partial charge >= 0.3 is 5.97 Å². The first-order valence-corrected chi connectivity index (χ1v) is 12.5. The van der Waals surface area contributed by atoms with E-state index in [1.807, 2.05) is 6.07 Å². The van der Waals surface area contributed by atoms with Crippen LogP contribution in [0.1, 0.15) is 39.9 Å². The van der Waals surface area contributed by atoms with E-state index in [4.69, 9.17) is 11.6 Å². The van der Waals surface area contributed by atoms with Crippen LogP contribution >= 0.6 is 23.4 Å². The van der Waals surface area contributed by atoms with Gasteiger partial charge in [0.25, 0.3) is 11.4 Å². The molecule has 0 spiro atoms. The van der Waals surface area contributed by atoms with E-state index in [0.29, 0.717) is 22.6 Å². The number of rotatable bonds is 6. The Kier molecular flexibility index (Phi) is 6.31. The second-order valence-electron chi connectivity index (χ2n) is 8.76. The predicted molar refractivity (Wildman–Crippen MR) is 136 cm³/mol. The number of carbonyl (C=O) groups is 1. The Morgan fingerprint density at radius 2 is 1.58 bits per heavy atom. The molecule has 9 nitrogen and oxygen atoms in total. The number of hydrogen-bond acceptors (Lipinski definition) is 7. The maximum atomic E-state index is 12.0. The monoisotopic (exact) mass is 525 g/mol. The van der Waals surface area contributed by atoms with Crippen LogP contribution in [0, 0.1) is 26.1 Å². The van der Waals surface area contributed by atoms with Crippen LogP contribution in [0.5, 0.6) is 0 Å². The Hall–Kier alpha value is -3.63. The van der Waals surface area contributed by atoms with Gasteiger partial charge in [0.15, 0.2) is 0 Å². The first-order chi connectivity index (χ1) is 17.3. The molecular weight excluding hydrogens is 506 g/mol.